The Morgan fingerprint density at radius 1 is 1.25 bits per heavy atom. The zero-order chi connectivity index (χ0) is 11.4. The largest absolute Gasteiger partial charge is 0.365 e. The minimum atomic E-state index is 0.499. The number of hydrogen-bond donors (Lipinski definition) is 0. The third-order valence-electron chi connectivity index (χ3n) is 2.27. The van der Waals surface area contributed by atoms with Crippen LogP contribution in [0.1, 0.15) is 11.9 Å². The highest BCUT2D eigenvalue weighted by Gasteiger charge is 2.08. The monoisotopic (exact) mass is 253 g/mol. The summed E-state index contributed by atoms with van der Waals surface area (Å²) in [5, 5.41) is 8.77. The SMILES string of the molecule is CCN(Cc1nnc(Cl)s1)c1ccccc1. The number of halogens is 1. The highest BCUT2D eigenvalue weighted by Crippen LogP contribution is 2.20. The topological polar surface area (TPSA) is 29.0 Å². The van der Waals surface area contributed by atoms with Crippen molar-refractivity contribution in [1.29, 1.82) is 0 Å². The molecular formula is C11H12ClN3S. The molecule has 2 aromatic rings. The van der Waals surface area contributed by atoms with Crippen LogP contribution in [0.4, 0.5) is 5.69 Å². The molecule has 0 bridgehead atoms. The normalized spacial score (nSPS) is 10.4. The maximum atomic E-state index is 5.76. The quantitative estimate of drug-likeness (QED) is 0.838. The van der Waals surface area contributed by atoms with E-state index in [4.69, 9.17) is 11.6 Å². The predicted molar refractivity (Wildman–Crippen MR) is 68.1 cm³/mol. The third-order valence-corrected chi connectivity index (χ3v) is 3.27. The second kappa shape index (κ2) is 5.27. The molecule has 16 heavy (non-hydrogen) atoms. The molecule has 0 saturated carbocycles. The van der Waals surface area contributed by atoms with Crippen molar-refractivity contribution in [1.82, 2.24) is 10.2 Å². The minimum Gasteiger partial charge on any atom is -0.365 e. The summed E-state index contributed by atoms with van der Waals surface area (Å²) in [7, 11) is 0. The lowest BCUT2D eigenvalue weighted by atomic mass is 10.3. The molecule has 1 aromatic heterocycles. The molecule has 84 valence electrons. The predicted octanol–water partition coefficient (Wildman–Crippen LogP) is 3.22. The maximum absolute atomic E-state index is 5.76. The Bertz CT molecular complexity index is 444. The lowest BCUT2D eigenvalue weighted by Gasteiger charge is -2.21. The average molecular weight is 254 g/mol. The van der Waals surface area contributed by atoms with Crippen LogP contribution in [0.2, 0.25) is 4.47 Å². The summed E-state index contributed by atoms with van der Waals surface area (Å²) in [6.07, 6.45) is 0. The standard InChI is InChI=1S/C11H12ClN3S/c1-2-15(9-6-4-3-5-7-9)8-10-13-14-11(12)16-10/h3-7H,2,8H2,1H3. The van der Waals surface area contributed by atoms with Crippen LogP contribution in [0, 0.1) is 0 Å². The van der Waals surface area contributed by atoms with Crippen molar-refractivity contribution in [3.63, 3.8) is 0 Å². The summed E-state index contributed by atoms with van der Waals surface area (Å²) in [6, 6.07) is 10.3. The first-order chi connectivity index (χ1) is 7.79. The number of aromatic nitrogens is 2. The van der Waals surface area contributed by atoms with Gasteiger partial charge < -0.3 is 4.90 Å². The summed E-state index contributed by atoms with van der Waals surface area (Å²) >= 11 is 7.19. The first-order valence-electron chi connectivity index (χ1n) is 5.07. The first kappa shape index (κ1) is 11.4. The molecule has 0 aliphatic heterocycles. The molecule has 0 aliphatic rings. The van der Waals surface area contributed by atoms with Crippen LogP contribution >= 0.6 is 22.9 Å². The summed E-state index contributed by atoms with van der Waals surface area (Å²) in [6.45, 7) is 3.81. The Morgan fingerprint density at radius 2 is 2.00 bits per heavy atom. The molecule has 0 spiro atoms. The fourth-order valence-corrected chi connectivity index (χ4v) is 2.37. The number of nitrogens with zero attached hydrogens (tertiary/aromatic N) is 3. The number of anilines is 1. The highest BCUT2D eigenvalue weighted by atomic mass is 35.5. The van der Waals surface area contributed by atoms with E-state index in [0.717, 1.165) is 18.1 Å². The second-order valence-electron chi connectivity index (χ2n) is 3.30. The lowest BCUT2D eigenvalue weighted by molar-refractivity contribution is 0.811. The molecule has 0 radical (unpaired) electrons. The summed E-state index contributed by atoms with van der Waals surface area (Å²) in [5.74, 6) is 0. The van der Waals surface area contributed by atoms with Gasteiger partial charge in [-0.2, -0.15) is 0 Å². The molecule has 0 saturated heterocycles. The van der Waals surface area contributed by atoms with Gasteiger partial charge in [-0.25, -0.2) is 0 Å². The van der Waals surface area contributed by atoms with E-state index in [1.165, 1.54) is 17.0 Å². The Balaban J connectivity index is 2.12. The van der Waals surface area contributed by atoms with Crippen LogP contribution in [-0.4, -0.2) is 16.7 Å². The van der Waals surface area contributed by atoms with Crippen LogP contribution in [0.25, 0.3) is 0 Å². The summed E-state index contributed by atoms with van der Waals surface area (Å²) < 4.78 is 0.499. The van der Waals surface area contributed by atoms with Gasteiger partial charge in [-0.1, -0.05) is 29.5 Å². The Hall–Kier alpha value is -1.13. The van der Waals surface area contributed by atoms with E-state index >= 15 is 0 Å². The van der Waals surface area contributed by atoms with Crippen molar-refractivity contribution in [2.24, 2.45) is 0 Å². The second-order valence-corrected chi connectivity index (χ2v) is 4.94. The van der Waals surface area contributed by atoms with Crippen molar-refractivity contribution in [2.45, 2.75) is 13.5 Å². The van der Waals surface area contributed by atoms with Gasteiger partial charge in [0.15, 0.2) is 0 Å². The average Bonchev–Trinajstić information content (AvgIpc) is 2.73. The van der Waals surface area contributed by atoms with E-state index < -0.39 is 0 Å². The van der Waals surface area contributed by atoms with Gasteiger partial charge in [-0.05, 0) is 30.7 Å². The van der Waals surface area contributed by atoms with Crippen LogP contribution < -0.4 is 4.90 Å². The van der Waals surface area contributed by atoms with E-state index in [0.29, 0.717) is 4.47 Å². The van der Waals surface area contributed by atoms with Gasteiger partial charge in [0.25, 0.3) is 0 Å². The number of benzene rings is 1. The van der Waals surface area contributed by atoms with Crippen molar-refractivity contribution >= 4 is 28.6 Å². The van der Waals surface area contributed by atoms with Gasteiger partial charge in [0.2, 0.25) is 4.47 Å². The number of hydrogen-bond acceptors (Lipinski definition) is 4. The van der Waals surface area contributed by atoms with Crippen LogP contribution in [0.5, 0.6) is 0 Å². The van der Waals surface area contributed by atoms with Gasteiger partial charge in [0.05, 0.1) is 6.54 Å². The summed E-state index contributed by atoms with van der Waals surface area (Å²) in [5.41, 5.74) is 1.19. The van der Waals surface area contributed by atoms with Gasteiger partial charge in [0.1, 0.15) is 5.01 Å². The molecule has 0 N–H and O–H groups in total. The van der Waals surface area contributed by atoms with Crippen molar-refractivity contribution in [2.75, 3.05) is 11.4 Å². The molecule has 2 rings (SSSR count). The molecule has 5 heteroatoms. The molecule has 0 atom stereocenters. The fraction of sp³-hybridized carbons (Fsp3) is 0.273. The molecule has 1 heterocycles. The van der Waals surface area contributed by atoms with E-state index in [9.17, 15) is 0 Å². The highest BCUT2D eigenvalue weighted by molar-refractivity contribution is 7.15. The summed E-state index contributed by atoms with van der Waals surface area (Å²) in [4.78, 5) is 2.23. The van der Waals surface area contributed by atoms with Crippen LogP contribution in [0.15, 0.2) is 30.3 Å². The first-order valence-corrected chi connectivity index (χ1v) is 6.27. The molecule has 0 aliphatic carbocycles. The minimum absolute atomic E-state index is 0.499. The zero-order valence-corrected chi connectivity index (χ0v) is 10.5. The molecule has 0 fully saturated rings. The van der Waals surface area contributed by atoms with Gasteiger partial charge in [-0.15, -0.1) is 10.2 Å². The fourth-order valence-electron chi connectivity index (χ4n) is 1.48. The Kier molecular flexibility index (Phi) is 3.74. The Morgan fingerprint density at radius 3 is 2.56 bits per heavy atom. The van der Waals surface area contributed by atoms with Crippen molar-refractivity contribution < 1.29 is 0 Å². The van der Waals surface area contributed by atoms with Gasteiger partial charge in [-0.3, -0.25) is 0 Å². The van der Waals surface area contributed by atoms with E-state index in [1.54, 1.807) is 0 Å². The molecule has 3 nitrogen and oxygen atoms in total. The third kappa shape index (κ3) is 2.71. The van der Waals surface area contributed by atoms with Crippen LogP contribution in [-0.2, 0) is 6.54 Å². The van der Waals surface area contributed by atoms with E-state index in [1.807, 2.05) is 18.2 Å². The lowest BCUT2D eigenvalue weighted by Crippen LogP contribution is -2.21. The molecule has 1 aromatic carbocycles. The van der Waals surface area contributed by atoms with Crippen molar-refractivity contribution in [3.8, 4) is 0 Å². The zero-order valence-electron chi connectivity index (χ0n) is 8.93. The Labute approximate surface area is 104 Å². The van der Waals surface area contributed by atoms with Crippen molar-refractivity contribution in [3.05, 3.63) is 39.8 Å². The number of para-hydroxylation sites is 1. The maximum Gasteiger partial charge on any atom is 0.207 e. The van der Waals surface area contributed by atoms with E-state index in [2.05, 4.69) is 34.2 Å². The molecule has 0 unspecified atom stereocenters. The van der Waals surface area contributed by atoms with E-state index in [-0.39, 0.29) is 0 Å². The van der Waals surface area contributed by atoms with Gasteiger partial charge >= 0.3 is 0 Å². The van der Waals surface area contributed by atoms with Crippen LogP contribution in [0.3, 0.4) is 0 Å². The smallest absolute Gasteiger partial charge is 0.207 e. The molecule has 0 amide bonds. The number of rotatable bonds is 4. The van der Waals surface area contributed by atoms with Gasteiger partial charge in [0, 0.05) is 12.2 Å². The molecular weight excluding hydrogens is 242 g/mol.